The quantitative estimate of drug-likeness (QED) is 0.238. The van der Waals surface area contributed by atoms with Crippen LogP contribution < -0.4 is 19.5 Å². The van der Waals surface area contributed by atoms with E-state index in [1.165, 1.54) is 24.2 Å². The highest BCUT2D eigenvalue weighted by Gasteiger charge is 2.22. The SMILES string of the molecule is O=C1NC(=S)SC1=Cc1cc(Br)ccc1OCCOc1ccc[n+]([O-])c1. The second kappa shape index (κ2) is 8.52. The summed E-state index contributed by atoms with van der Waals surface area (Å²) in [5.41, 5.74) is 0.749. The van der Waals surface area contributed by atoms with Gasteiger partial charge in [-0.1, -0.05) is 39.9 Å². The molecule has 6 nitrogen and oxygen atoms in total. The molecule has 0 radical (unpaired) electrons. The molecular formula is C17H13BrN2O4S2. The molecule has 1 saturated heterocycles. The summed E-state index contributed by atoms with van der Waals surface area (Å²) in [7, 11) is 0. The van der Waals surface area contributed by atoms with E-state index in [9.17, 15) is 10.0 Å². The summed E-state index contributed by atoms with van der Waals surface area (Å²) in [5.74, 6) is 0.864. The summed E-state index contributed by atoms with van der Waals surface area (Å²) in [6.45, 7) is 0.554. The molecule has 2 aromatic rings. The number of rotatable bonds is 6. The molecular weight excluding hydrogens is 440 g/mol. The summed E-state index contributed by atoms with van der Waals surface area (Å²) in [6, 6.07) is 8.82. The maximum atomic E-state index is 11.8. The molecule has 1 aliphatic heterocycles. The van der Waals surface area contributed by atoms with Crippen LogP contribution in [-0.2, 0) is 4.79 Å². The Morgan fingerprint density at radius 2 is 2.12 bits per heavy atom. The number of thiocarbonyl (C=S) groups is 1. The number of pyridine rings is 1. The number of hydrogen-bond donors (Lipinski definition) is 1. The lowest BCUT2D eigenvalue weighted by molar-refractivity contribution is -0.605. The Morgan fingerprint density at radius 1 is 1.31 bits per heavy atom. The number of ether oxygens (including phenoxy) is 2. The number of hydrogen-bond acceptors (Lipinski definition) is 6. The number of halogens is 1. The zero-order valence-corrected chi connectivity index (χ0v) is 16.5. The van der Waals surface area contributed by atoms with Crippen LogP contribution in [0.25, 0.3) is 6.08 Å². The van der Waals surface area contributed by atoms with E-state index in [2.05, 4.69) is 21.2 Å². The minimum Gasteiger partial charge on any atom is -0.619 e. The van der Waals surface area contributed by atoms with Gasteiger partial charge in [0.15, 0.2) is 11.9 Å². The Bertz CT molecular complexity index is 889. The van der Waals surface area contributed by atoms with Gasteiger partial charge in [-0.3, -0.25) is 4.79 Å². The van der Waals surface area contributed by atoms with Crippen LogP contribution >= 0.6 is 39.9 Å². The van der Waals surface area contributed by atoms with E-state index in [-0.39, 0.29) is 19.1 Å². The number of nitrogens with one attached hydrogen (secondary N) is 1. The summed E-state index contributed by atoms with van der Waals surface area (Å²) in [6.07, 6.45) is 4.46. The molecule has 0 aliphatic carbocycles. The van der Waals surface area contributed by atoms with Crippen molar-refractivity contribution in [3.8, 4) is 11.5 Å². The molecule has 1 aliphatic rings. The average molecular weight is 453 g/mol. The number of amides is 1. The van der Waals surface area contributed by atoms with Crippen molar-refractivity contribution in [2.45, 2.75) is 0 Å². The number of benzene rings is 1. The zero-order valence-electron chi connectivity index (χ0n) is 13.3. The fraction of sp³-hybridized carbons (Fsp3) is 0.118. The van der Waals surface area contributed by atoms with Crippen LogP contribution in [0, 0.1) is 5.21 Å². The number of aromatic nitrogens is 1. The van der Waals surface area contributed by atoms with Crippen LogP contribution in [0.3, 0.4) is 0 Å². The highest BCUT2D eigenvalue weighted by Crippen LogP contribution is 2.31. The summed E-state index contributed by atoms with van der Waals surface area (Å²) in [5, 5.41) is 13.8. The normalized spacial score (nSPS) is 15.2. The topological polar surface area (TPSA) is 74.5 Å². The van der Waals surface area contributed by atoms with Gasteiger partial charge in [0.05, 0.1) is 4.91 Å². The van der Waals surface area contributed by atoms with E-state index in [1.807, 2.05) is 12.1 Å². The van der Waals surface area contributed by atoms with Crippen LogP contribution in [0.2, 0.25) is 0 Å². The van der Waals surface area contributed by atoms with Crippen molar-refractivity contribution >= 4 is 56.2 Å². The largest absolute Gasteiger partial charge is 0.619 e. The average Bonchev–Trinajstić information content (AvgIpc) is 2.90. The van der Waals surface area contributed by atoms with Gasteiger partial charge in [-0.25, -0.2) is 0 Å². The Balaban J connectivity index is 1.65. The number of carbonyl (C=O) groups excluding carboxylic acids is 1. The first-order valence-corrected chi connectivity index (χ1v) is 9.52. The van der Waals surface area contributed by atoms with E-state index < -0.39 is 0 Å². The van der Waals surface area contributed by atoms with Crippen LogP contribution in [0.1, 0.15) is 5.56 Å². The second-order valence-corrected chi connectivity index (χ2v) is 7.77. The molecule has 3 rings (SSSR count). The maximum absolute atomic E-state index is 11.8. The number of carbonyl (C=O) groups is 1. The van der Waals surface area contributed by atoms with E-state index in [1.54, 1.807) is 24.3 Å². The van der Waals surface area contributed by atoms with Crippen molar-refractivity contribution in [3.63, 3.8) is 0 Å². The van der Waals surface area contributed by atoms with Crippen LogP contribution in [0.4, 0.5) is 0 Å². The number of thioether (sulfide) groups is 1. The van der Waals surface area contributed by atoms with Crippen LogP contribution in [0.15, 0.2) is 52.1 Å². The molecule has 0 bridgehead atoms. The van der Waals surface area contributed by atoms with Crippen molar-refractivity contribution in [2.24, 2.45) is 0 Å². The van der Waals surface area contributed by atoms with Crippen molar-refractivity contribution in [1.29, 1.82) is 0 Å². The molecule has 2 heterocycles. The summed E-state index contributed by atoms with van der Waals surface area (Å²) in [4.78, 5) is 12.4. The van der Waals surface area contributed by atoms with Crippen molar-refractivity contribution in [1.82, 2.24) is 5.32 Å². The van der Waals surface area contributed by atoms with Crippen molar-refractivity contribution in [2.75, 3.05) is 13.2 Å². The van der Waals surface area contributed by atoms with Gasteiger partial charge in [0.25, 0.3) is 5.91 Å². The summed E-state index contributed by atoms with van der Waals surface area (Å²) < 4.78 is 13.2. The van der Waals surface area contributed by atoms with Gasteiger partial charge in [0, 0.05) is 16.1 Å². The van der Waals surface area contributed by atoms with Crippen molar-refractivity contribution < 1.29 is 19.0 Å². The fourth-order valence-electron chi connectivity index (χ4n) is 2.16. The predicted molar refractivity (Wildman–Crippen MR) is 107 cm³/mol. The predicted octanol–water partition coefficient (Wildman–Crippen LogP) is 3.03. The summed E-state index contributed by atoms with van der Waals surface area (Å²) >= 11 is 9.63. The lowest BCUT2D eigenvalue weighted by Gasteiger charge is -2.11. The van der Waals surface area contributed by atoms with Gasteiger partial charge in [-0.05, 0) is 30.3 Å². The lowest BCUT2D eigenvalue weighted by Crippen LogP contribution is -2.24. The molecule has 9 heteroatoms. The Hall–Kier alpha value is -2.10. The minimum absolute atomic E-state index is 0.218. The van der Waals surface area contributed by atoms with Crippen LogP contribution in [-0.4, -0.2) is 23.4 Å². The maximum Gasteiger partial charge on any atom is 0.263 e. The number of nitrogens with zero attached hydrogens (tertiary/aromatic N) is 1. The molecule has 134 valence electrons. The van der Waals surface area contributed by atoms with Gasteiger partial charge in [-0.15, -0.1) is 0 Å². The molecule has 0 atom stereocenters. The molecule has 0 saturated carbocycles. The molecule has 0 unspecified atom stereocenters. The van der Waals surface area contributed by atoms with Gasteiger partial charge in [-0.2, -0.15) is 4.73 Å². The third kappa shape index (κ3) is 4.96. The first-order valence-electron chi connectivity index (χ1n) is 7.50. The van der Waals surface area contributed by atoms with Gasteiger partial charge < -0.3 is 20.0 Å². The standard InChI is InChI=1S/C17H13BrN2O4S2/c18-12-3-4-14(11(8-12)9-15-16(21)19-17(25)26-15)24-7-6-23-13-2-1-5-20(22)10-13/h1-5,8-10H,6-7H2,(H,19,21,25). The lowest BCUT2D eigenvalue weighted by atomic mass is 10.2. The smallest absolute Gasteiger partial charge is 0.263 e. The first kappa shape index (κ1) is 18.7. The highest BCUT2D eigenvalue weighted by atomic mass is 79.9. The van der Waals surface area contributed by atoms with E-state index in [0.29, 0.717) is 25.5 Å². The molecule has 1 amide bonds. The van der Waals surface area contributed by atoms with Gasteiger partial charge >= 0.3 is 0 Å². The molecule has 1 aromatic carbocycles. The van der Waals surface area contributed by atoms with Crippen LogP contribution in [0.5, 0.6) is 11.5 Å². The monoisotopic (exact) mass is 452 g/mol. The Kier molecular flexibility index (Phi) is 6.12. The van der Waals surface area contributed by atoms with Gasteiger partial charge in [0.1, 0.15) is 23.3 Å². The Labute approximate surface area is 167 Å². The molecule has 1 fully saturated rings. The van der Waals surface area contributed by atoms with E-state index in [4.69, 9.17) is 21.7 Å². The van der Waals surface area contributed by atoms with Crippen molar-refractivity contribution in [3.05, 3.63) is 62.9 Å². The molecule has 26 heavy (non-hydrogen) atoms. The second-order valence-electron chi connectivity index (χ2n) is 5.13. The highest BCUT2D eigenvalue weighted by molar-refractivity contribution is 9.10. The Morgan fingerprint density at radius 3 is 2.85 bits per heavy atom. The fourth-order valence-corrected chi connectivity index (χ4v) is 3.57. The molecule has 1 aromatic heterocycles. The minimum atomic E-state index is -0.218. The van der Waals surface area contributed by atoms with E-state index >= 15 is 0 Å². The molecule has 0 spiro atoms. The van der Waals surface area contributed by atoms with E-state index in [0.717, 1.165) is 10.0 Å². The first-order chi connectivity index (χ1) is 12.5. The molecule has 1 N–H and O–H groups in total. The third-order valence-electron chi connectivity index (χ3n) is 3.26. The third-order valence-corrected chi connectivity index (χ3v) is 4.91. The van der Waals surface area contributed by atoms with Gasteiger partial charge in [0.2, 0.25) is 6.20 Å². The zero-order chi connectivity index (χ0) is 18.5.